The molecule has 0 aromatic heterocycles. The minimum Gasteiger partial charge on any atom is -0.444 e. The van der Waals surface area contributed by atoms with Gasteiger partial charge in [-0.1, -0.05) is 19.1 Å². The molecule has 2 N–H and O–H groups in total. The van der Waals surface area contributed by atoms with Crippen LogP contribution in [-0.4, -0.2) is 42.6 Å². The van der Waals surface area contributed by atoms with Gasteiger partial charge in [-0.3, -0.25) is 5.32 Å². The van der Waals surface area contributed by atoms with Crippen molar-refractivity contribution in [2.75, 3.05) is 18.5 Å². The van der Waals surface area contributed by atoms with Gasteiger partial charge in [0.05, 0.1) is 12.7 Å². The number of benzene rings is 1. The quantitative estimate of drug-likeness (QED) is 0.734. The van der Waals surface area contributed by atoms with Gasteiger partial charge in [0, 0.05) is 12.2 Å². The van der Waals surface area contributed by atoms with Crippen LogP contribution in [0, 0.1) is 0 Å². The van der Waals surface area contributed by atoms with Crippen LogP contribution in [0.3, 0.4) is 0 Å². The molecular weight excluding hydrogens is 360 g/mol. The van der Waals surface area contributed by atoms with Gasteiger partial charge in [-0.25, -0.2) is 9.59 Å². The number of ether oxygens (including phenoxy) is 3. The van der Waals surface area contributed by atoms with Crippen LogP contribution < -0.4 is 10.6 Å². The third-order valence-electron chi connectivity index (χ3n) is 3.26. The first-order valence-corrected chi connectivity index (χ1v) is 9.55. The lowest BCUT2D eigenvalue weighted by atomic mass is 10.1. The van der Waals surface area contributed by atoms with E-state index in [1.54, 1.807) is 0 Å². The zero-order chi connectivity index (χ0) is 21.4. The number of epoxide rings is 1. The standard InChI is InChI=1S/C13H19NO2.C8H15NO3/c1-5-10-7-6-8-11(9-10)14-12(15)16-13(2,3)4;1-8(2,3)12-7(10)9-4-6-5-11-6/h6-9H,5H2,1-4H3,(H,14,15);6H,4-5H2,1-3H3,(H,9,10). The summed E-state index contributed by atoms with van der Waals surface area (Å²) in [4.78, 5) is 22.5. The van der Waals surface area contributed by atoms with E-state index in [4.69, 9.17) is 14.2 Å². The molecule has 1 heterocycles. The first kappa shape index (κ1) is 23.8. The van der Waals surface area contributed by atoms with Gasteiger partial charge < -0.3 is 19.5 Å². The first-order valence-electron chi connectivity index (χ1n) is 9.55. The minimum atomic E-state index is -0.466. The molecule has 2 rings (SSSR count). The number of aryl methyl sites for hydroxylation is 1. The largest absolute Gasteiger partial charge is 0.444 e. The smallest absolute Gasteiger partial charge is 0.412 e. The van der Waals surface area contributed by atoms with Crippen LogP contribution in [0.4, 0.5) is 15.3 Å². The second-order valence-corrected chi connectivity index (χ2v) is 8.52. The lowest BCUT2D eigenvalue weighted by Crippen LogP contribution is -2.34. The molecule has 1 aromatic rings. The molecule has 7 heteroatoms. The highest BCUT2D eigenvalue weighted by molar-refractivity contribution is 5.84. The van der Waals surface area contributed by atoms with E-state index in [2.05, 4.69) is 17.6 Å². The zero-order valence-corrected chi connectivity index (χ0v) is 18.0. The molecule has 7 nitrogen and oxygen atoms in total. The molecule has 0 bridgehead atoms. The molecule has 1 aliphatic heterocycles. The summed E-state index contributed by atoms with van der Waals surface area (Å²) in [5.74, 6) is 0. The van der Waals surface area contributed by atoms with E-state index in [-0.39, 0.29) is 12.2 Å². The predicted molar refractivity (Wildman–Crippen MR) is 110 cm³/mol. The van der Waals surface area contributed by atoms with Gasteiger partial charge in [-0.05, 0) is 65.7 Å². The Bertz CT molecular complexity index is 643. The molecule has 2 amide bonds. The molecule has 1 unspecified atom stereocenters. The van der Waals surface area contributed by atoms with E-state index < -0.39 is 17.3 Å². The fourth-order valence-electron chi connectivity index (χ4n) is 1.99. The number of amides is 2. The molecule has 158 valence electrons. The monoisotopic (exact) mass is 394 g/mol. The SMILES string of the molecule is CC(C)(C)OC(=O)NCC1CO1.CCc1cccc(NC(=O)OC(C)(C)C)c1. The van der Waals surface area contributed by atoms with E-state index in [0.29, 0.717) is 6.54 Å². The van der Waals surface area contributed by atoms with Crippen molar-refractivity contribution in [3.05, 3.63) is 29.8 Å². The van der Waals surface area contributed by atoms with Crippen LogP contribution in [0.2, 0.25) is 0 Å². The second kappa shape index (κ2) is 10.3. The van der Waals surface area contributed by atoms with Crippen LogP contribution in [0.1, 0.15) is 54.0 Å². The van der Waals surface area contributed by atoms with Gasteiger partial charge in [-0.15, -0.1) is 0 Å². The van der Waals surface area contributed by atoms with Crippen molar-refractivity contribution in [3.63, 3.8) is 0 Å². The third-order valence-corrected chi connectivity index (χ3v) is 3.26. The van der Waals surface area contributed by atoms with E-state index in [0.717, 1.165) is 18.7 Å². The summed E-state index contributed by atoms with van der Waals surface area (Å²) in [6, 6.07) is 7.75. The molecule has 28 heavy (non-hydrogen) atoms. The Morgan fingerprint density at radius 2 is 1.64 bits per heavy atom. The number of nitrogens with one attached hydrogen (secondary N) is 2. The summed E-state index contributed by atoms with van der Waals surface area (Å²) in [5, 5.41) is 5.33. The molecule has 1 fully saturated rings. The van der Waals surface area contributed by atoms with Crippen LogP contribution >= 0.6 is 0 Å². The highest BCUT2D eigenvalue weighted by Crippen LogP contribution is 2.14. The normalized spacial score (nSPS) is 15.6. The maximum atomic E-state index is 11.5. The van der Waals surface area contributed by atoms with Crippen LogP contribution in [0.25, 0.3) is 0 Å². The Morgan fingerprint density at radius 3 is 2.14 bits per heavy atom. The van der Waals surface area contributed by atoms with E-state index in [1.807, 2.05) is 65.8 Å². The number of hydrogen-bond donors (Lipinski definition) is 2. The average molecular weight is 395 g/mol. The van der Waals surface area contributed by atoms with E-state index >= 15 is 0 Å². The Labute approximate surface area is 168 Å². The number of hydrogen-bond acceptors (Lipinski definition) is 5. The van der Waals surface area contributed by atoms with Gasteiger partial charge >= 0.3 is 12.2 Å². The lowest BCUT2D eigenvalue weighted by molar-refractivity contribution is 0.0522. The molecular formula is C21H34N2O5. The van der Waals surface area contributed by atoms with E-state index in [9.17, 15) is 9.59 Å². The minimum absolute atomic E-state index is 0.206. The molecule has 0 saturated carbocycles. The molecule has 1 saturated heterocycles. The lowest BCUT2D eigenvalue weighted by Gasteiger charge is -2.19. The summed E-state index contributed by atoms with van der Waals surface area (Å²) >= 11 is 0. The summed E-state index contributed by atoms with van der Waals surface area (Å²) in [6.07, 6.45) is 0.361. The van der Waals surface area contributed by atoms with Crippen molar-refractivity contribution in [2.45, 2.75) is 72.2 Å². The van der Waals surface area contributed by atoms with Gasteiger partial charge in [-0.2, -0.15) is 0 Å². The van der Waals surface area contributed by atoms with Crippen LogP contribution in [0.5, 0.6) is 0 Å². The number of carbonyl (C=O) groups excluding carboxylic acids is 2. The Kier molecular flexibility index (Phi) is 8.75. The summed E-state index contributed by atoms with van der Waals surface area (Å²) in [6.45, 7) is 14.4. The molecule has 0 spiro atoms. The van der Waals surface area contributed by atoms with Gasteiger partial charge in [0.25, 0.3) is 0 Å². The fourth-order valence-corrected chi connectivity index (χ4v) is 1.99. The van der Waals surface area contributed by atoms with Crippen molar-refractivity contribution in [1.82, 2.24) is 5.32 Å². The van der Waals surface area contributed by atoms with Gasteiger partial charge in [0.15, 0.2) is 0 Å². The van der Waals surface area contributed by atoms with Crippen molar-refractivity contribution in [2.24, 2.45) is 0 Å². The maximum Gasteiger partial charge on any atom is 0.412 e. The number of alkyl carbamates (subject to hydrolysis) is 1. The molecule has 0 radical (unpaired) electrons. The second-order valence-electron chi connectivity index (χ2n) is 8.52. The number of anilines is 1. The zero-order valence-electron chi connectivity index (χ0n) is 18.0. The number of carbonyl (C=O) groups is 2. The van der Waals surface area contributed by atoms with Gasteiger partial charge in [0.2, 0.25) is 0 Å². The Balaban J connectivity index is 0.000000292. The van der Waals surface area contributed by atoms with Crippen LogP contribution in [0.15, 0.2) is 24.3 Å². The molecule has 1 atom stereocenters. The van der Waals surface area contributed by atoms with Crippen molar-refractivity contribution in [1.29, 1.82) is 0 Å². The van der Waals surface area contributed by atoms with Crippen molar-refractivity contribution < 1.29 is 23.8 Å². The Hall–Kier alpha value is -2.28. The highest BCUT2D eigenvalue weighted by Gasteiger charge is 2.24. The van der Waals surface area contributed by atoms with Gasteiger partial charge in [0.1, 0.15) is 11.2 Å². The summed E-state index contributed by atoms with van der Waals surface area (Å²) in [5.41, 5.74) is 1.07. The van der Waals surface area contributed by atoms with Crippen molar-refractivity contribution >= 4 is 17.9 Å². The molecule has 0 aliphatic carbocycles. The Morgan fingerprint density at radius 1 is 1.07 bits per heavy atom. The third kappa shape index (κ3) is 12.2. The number of rotatable bonds is 4. The highest BCUT2D eigenvalue weighted by atomic mass is 16.6. The van der Waals surface area contributed by atoms with Crippen molar-refractivity contribution in [3.8, 4) is 0 Å². The fraction of sp³-hybridized carbons (Fsp3) is 0.619. The first-order chi connectivity index (χ1) is 12.9. The molecule has 1 aromatic carbocycles. The topological polar surface area (TPSA) is 89.2 Å². The maximum absolute atomic E-state index is 11.5. The summed E-state index contributed by atoms with van der Waals surface area (Å²) in [7, 11) is 0. The average Bonchev–Trinajstić information content (AvgIpc) is 3.34. The summed E-state index contributed by atoms with van der Waals surface area (Å²) < 4.78 is 15.1. The predicted octanol–water partition coefficient (Wildman–Crippen LogP) is 4.51. The van der Waals surface area contributed by atoms with E-state index in [1.165, 1.54) is 5.56 Å². The van der Waals surface area contributed by atoms with Crippen LogP contribution in [-0.2, 0) is 20.6 Å². The molecule has 1 aliphatic rings.